The lowest BCUT2D eigenvalue weighted by atomic mass is 9.87. The zero-order chi connectivity index (χ0) is 36.1. The summed E-state index contributed by atoms with van der Waals surface area (Å²) in [6.07, 6.45) is 4.83. The van der Waals surface area contributed by atoms with Crippen LogP contribution in [0.2, 0.25) is 0 Å². The fourth-order valence-corrected chi connectivity index (χ4v) is 7.53. The number of aryl methyl sites for hydroxylation is 1. The predicted molar refractivity (Wildman–Crippen MR) is 198 cm³/mol. The van der Waals surface area contributed by atoms with Gasteiger partial charge in [-0.2, -0.15) is 0 Å². The fourth-order valence-electron chi connectivity index (χ4n) is 7.53. The van der Waals surface area contributed by atoms with Crippen LogP contribution in [0.1, 0.15) is 87.1 Å². The first-order valence-corrected chi connectivity index (χ1v) is 18.3. The van der Waals surface area contributed by atoms with Crippen LogP contribution in [0.3, 0.4) is 0 Å². The summed E-state index contributed by atoms with van der Waals surface area (Å²) in [5, 5.41) is 25.1. The highest BCUT2D eigenvalue weighted by molar-refractivity contribution is 5.95. The summed E-state index contributed by atoms with van der Waals surface area (Å²) >= 11 is 0. The molecule has 11 heteroatoms. The summed E-state index contributed by atoms with van der Waals surface area (Å²) in [7, 11) is 1.67. The molecule has 0 radical (unpaired) electrons. The molecule has 6 N–H and O–H groups in total. The molecule has 0 saturated carbocycles. The van der Waals surface area contributed by atoms with E-state index in [-0.39, 0.29) is 42.5 Å². The first-order valence-electron chi connectivity index (χ1n) is 18.3. The zero-order valence-electron chi connectivity index (χ0n) is 29.8. The number of likely N-dealkylation sites (tertiary alicyclic amines) is 1. The van der Waals surface area contributed by atoms with Crippen LogP contribution in [0, 0.1) is 0 Å². The van der Waals surface area contributed by atoms with Crippen LogP contribution in [-0.4, -0.2) is 71.6 Å². The van der Waals surface area contributed by atoms with Gasteiger partial charge < -0.3 is 36.6 Å². The molecule has 51 heavy (non-hydrogen) atoms. The van der Waals surface area contributed by atoms with E-state index >= 15 is 0 Å². The van der Waals surface area contributed by atoms with E-state index in [0.29, 0.717) is 37.9 Å². The maximum atomic E-state index is 14.1. The largest absolute Gasteiger partial charge is 0.374 e. The molecular formula is C40H50N6O5. The van der Waals surface area contributed by atoms with Crippen LogP contribution < -0.4 is 26.6 Å². The van der Waals surface area contributed by atoms with E-state index < -0.39 is 24.4 Å². The Labute approximate surface area is 300 Å². The first-order chi connectivity index (χ1) is 24.6. The quantitative estimate of drug-likeness (QED) is 0.114. The van der Waals surface area contributed by atoms with Gasteiger partial charge in [-0.3, -0.25) is 19.2 Å². The molecule has 5 unspecified atom stereocenters. The average Bonchev–Trinajstić information content (AvgIpc) is 3.77. The molecule has 11 nitrogen and oxygen atoms in total. The van der Waals surface area contributed by atoms with Crippen LogP contribution >= 0.6 is 0 Å². The number of benzene rings is 3. The maximum Gasteiger partial charge on any atom is 0.245 e. The van der Waals surface area contributed by atoms with Crippen LogP contribution in [0.15, 0.2) is 60.7 Å². The standard InChI is InChI=1S/C40H50N6O5/c1-4-36(47)42-28-14-16-30-26(22-28)21-27-23-29(15-17-31(27)30)43-37(48)19-18-34(45-38(49)24(2)41-3)40(51)46-20-8-13-35(46)39(50)44-33-12-7-10-25-9-5-6-11-32(25)33/h5-6,9,11,14-17,22-24,33-36,41-42,47H,4,7-8,10,12-13,18-21H2,1-3H3,(H,43,48)(H,44,50)(H,45,49). The van der Waals surface area contributed by atoms with Crippen LogP contribution in [-0.2, 0) is 32.0 Å². The molecule has 0 bridgehead atoms. The van der Waals surface area contributed by atoms with Crippen molar-refractivity contribution >= 4 is 35.0 Å². The van der Waals surface area contributed by atoms with Gasteiger partial charge in [-0.25, -0.2) is 0 Å². The molecule has 3 aromatic rings. The molecular weight excluding hydrogens is 644 g/mol. The van der Waals surface area contributed by atoms with Crippen molar-refractivity contribution in [3.8, 4) is 11.1 Å². The molecule has 5 atom stereocenters. The molecule has 0 spiro atoms. The molecule has 4 amide bonds. The highest BCUT2D eigenvalue weighted by Gasteiger charge is 2.39. The van der Waals surface area contributed by atoms with E-state index in [0.717, 1.165) is 52.8 Å². The Morgan fingerprint density at radius 1 is 0.922 bits per heavy atom. The summed E-state index contributed by atoms with van der Waals surface area (Å²) in [4.78, 5) is 55.6. The minimum atomic E-state index is -0.966. The van der Waals surface area contributed by atoms with Gasteiger partial charge in [0.1, 0.15) is 18.3 Å². The second-order valence-electron chi connectivity index (χ2n) is 14.0. The second-order valence-corrected chi connectivity index (χ2v) is 14.0. The number of nitrogens with zero attached hydrogens (tertiary/aromatic N) is 1. The van der Waals surface area contributed by atoms with Gasteiger partial charge in [-0.15, -0.1) is 0 Å². The lowest BCUT2D eigenvalue weighted by Crippen LogP contribution is -2.55. The lowest BCUT2D eigenvalue weighted by molar-refractivity contribution is -0.142. The number of carbonyl (C=O) groups is 4. The number of hydrogen-bond acceptors (Lipinski definition) is 7. The first kappa shape index (κ1) is 36.1. The number of aliphatic hydroxyl groups excluding tert-OH is 1. The third-order valence-corrected chi connectivity index (χ3v) is 10.5. The van der Waals surface area contributed by atoms with Crippen molar-refractivity contribution < 1.29 is 24.3 Å². The molecule has 1 saturated heterocycles. The number of aliphatic hydroxyl groups is 1. The second kappa shape index (κ2) is 16.1. The Kier molecular flexibility index (Phi) is 11.4. The Balaban J connectivity index is 1.09. The summed E-state index contributed by atoms with van der Waals surface area (Å²) in [6.45, 7) is 4.03. The Bertz CT molecular complexity index is 1780. The van der Waals surface area contributed by atoms with Crippen LogP contribution in [0.4, 0.5) is 11.4 Å². The van der Waals surface area contributed by atoms with Crippen molar-refractivity contribution in [1.82, 2.24) is 20.9 Å². The Hall–Kier alpha value is -4.74. The average molecular weight is 695 g/mol. The predicted octanol–water partition coefficient (Wildman–Crippen LogP) is 4.39. The Morgan fingerprint density at radius 2 is 1.65 bits per heavy atom. The fraction of sp³-hybridized carbons (Fsp3) is 0.450. The number of likely N-dealkylation sites (N-methyl/N-ethyl adjacent to an activating group) is 1. The van der Waals surface area contributed by atoms with E-state index in [9.17, 15) is 24.3 Å². The van der Waals surface area contributed by atoms with Gasteiger partial charge in [-0.05, 0) is 123 Å². The van der Waals surface area contributed by atoms with E-state index in [1.807, 2.05) is 49.4 Å². The van der Waals surface area contributed by atoms with E-state index in [1.54, 1.807) is 18.9 Å². The van der Waals surface area contributed by atoms with E-state index in [4.69, 9.17) is 0 Å². The van der Waals surface area contributed by atoms with Gasteiger partial charge in [0.25, 0.3) is 0 Å². The van der Waals surface area contributed by atoms with Gasteiger partial charge in [0.05, 0.1) is 12.1 Å². The third-order valence-electron chi connectivity index (χ3n) is 10.5. The van der Waals surface area contributed by atoms with Crippen molar-refractivity contribution in [1.29, 1.82) is 0 Å². The number of anilines is 2. The van der Waals surface area contributed by atoms with Crippen molar-refractivity contribution in [2.75, 3.05) is 24.2 Å². The normalized spacial score (nSPS) is 19.2. The van der Waals surface area contributed by atoms with Gasteiger partial charge in [0.15, 0.2) is 0 Å². The maximum absolute atomic E-state index is 14.1. The topological polar surface area (TPSA) is 152 Å². The molecule has 0 aromatic heterocycles. The molecule has 6 rings (SSSR count). The highest BCUT2D eigenvalue weighted by Crippen LogP contribution is 2.39. The van der Waals surface area contributed by atoms with Crippen molar-refractivity contribution in [2.24, 2.45) is 0 Å². The molecule has 1 heterocycles. The van der Waals surface area contributed by atoms with Crippen LogP contribution in [0.5, 0.6) is 0 Å². The monoisotopic (exact) mass is 694 g/mol. The van der Waals surface area contributed by atoms with Crippen molar-refractivity contribution in [3.05, 3.63) is 82.9 Å². The highest BCUT2D eigenvalue weighted by atomic mass is 16.3. The smallest absolute Gasteiger partial charge is 0.245 e. The number of rotatable bonds is 13. The number of carbonyl (C=O) groups excluding carboxylic acids is 4. The molecule has 1 fully saturated rings. The van der Waals surface area contributed by atoms with Gasteiger partial charge in [0.2, 0.25) is 23.6 Å². The van der Waals surface area contributed by atoms with E-state index in [2.05, 4.69) is 44.8 Å². The summed E-state index contributed by atoms with van der Waals surface area (Å²) < 4.78 is 0. The summed E-state index contributed by atoms with van der Waals surface area (Å²) in [5.41, 5.74) is 8.36. The molecule has 2 aliphatic carbocycles. The third kappa shape index (κ3) is 8.26. The summed E-state index contributed by atoms with van der Waals surface area (Å²) in [6, 6.07) is 17.8. The molecule has 1 aliphatic heterocycles. The molecule has 270 valence electrons. The number of amides is 4. The minimum Gasteiger partial charge on any atom is -0.374 e. The molecule has 3 aromatic carbocycles. The van der Waals surface area contributed by atoms with Crippen molar-refractivity contribution in [3.63, 3.8) is 0 Å². The van der Waals surface area contributed by atoms with E-state index in [1.165, 1.54) is 5.56 Å². The van der Waals surface area contributed by atoms with Gasteiger partial charge >= 0.3 is 0 Å². The lowest BCUT2D eigenvalue weighted by Gasteiger charge is -2.32. The van der Waals surface area contributed by atoms with Crippen molar-refractivity contribution in [2.45, 2.75) is 102 Å². The number of hydrogen-bond donors (Lipinski definition) is 6. The number of nitrogens with one attached hydrogen (secondary N) is 5. The summed E-state index contributed by atoms with van der Waals surface area (Å²) in [5.74, 6) is -1.16. The van der Waals surface area contributed by atoms with Gasteiger partial charge in [-0.1, -0.05) is 43.3 Å². The number of fused-ring (bicyclic) bond motifs is 4. The van der Waals surface area contributed by atoms with Crippen LogP contribution in [0.25, 0.3) is 11.1 Å². The molecule has 3 aliphatic rings. The minimum absolute atomic E-state index is 0.000275. The Morgan fingerprint density at radius 3 is 2.39 bits per heavy atom. The SMILES string of the molecule is CCC(O)Nc1ccc2c(c1)Cc1cc(NC(=O)CCC(NC(=O)C(C)NC)C(=O)N3CCCC3C(=O)NC3CCCc4ccccc43)ccc1-2. The zero-order valence-corrected chi connectivity index (χ0v) is 29.8. The van der Waals surface area contributed by atoms with Gasteiger partial charge in [0, 0.05) is 24.3 Å².